The normalized spacial score (nSPS) is 11.9. The van der Waals surface area contributed by atoms with Crippen LogP contribution >= 0.6 is 0 Å². The average molecular weight is 613 g/mol. The summed E-state index contributed by atoms with van der Waals surface area (Å²) in [6.07, 6.45) is 5.21. The molecule has 0 aliphatic heterocycles. The number of aromatic nitrogens is 1. The third kappa shape index (κ3) is 12.2. The van der Waals surface area contributed by atoms with Crippen LogP contribution in [0.4, 0.5) is 10.5 Å². The standard InChI is InChI=1S/C32H40N2O8S/c1-25-6-15-29(16-7-25)43(36,37)41-23-21-39-19-18-38-20-22-40-30-17-12-27(24-33-30)9-8-26-10-13-28(14-11-26)34(5)31(35)42-32(2,3)4/h6-17,24H,18-23H2,1-5H3. The Morgan fingerprint density at radius 2 is 1.40 bits per heavy atom. The molecule has 43 heavy (non-hydrogen) atoms. The van der Waals surface area contributed by atoms with Crippen molar-refractivity contribution in [2.45, 2.75) is 38.2 Å². The molecule has 0 atom stereocenters. The van der Waals surface area contributed by atoms with E-state index in [1.54, 1.807) is 31.4 Å². The van der Waals surface area contributed by atoms with Crippen molar-refractivity contribution in [2.75, 3.05) is 51.6 Å². The van der Waals surface area contributed by atoms with Gasteiger partial charge < -0.3 is 18.9 Å². The molecule has 11 heteroatoms. The first-order valence-electron chi connectivity index (χ1n) is 13.9. The molecule has 3 aromatic rings. The zero-order valence-corrected chi connectivity index (χ0v) is 26.1. The lowest BCUT2D eigenvalue weighted by Crippen LogP contribution is -2.34. The number of anilines is 1. The largest absolute Gasteiger partial charge is 0.475 e. The first-order valence-corrected chi connectivity index (χ1v) is 15.3. The first-order chi connectivity index (χ1) is 20.4. The van der Waals surface area contributed by atoms with Crippen LogP contribution in [0.3, 0.4) is 0 Å². The number of benzene rings is 2. The third-order valence-electron chi connectivity index (χ3n) is 5.80. The maximum Gasteiger partial charge on any atom is 0.414 e. The second kappa shape index (κ2) is 16.2. The maximum atomic E-state index is 12.2. The number of rotatable bonds is 15. The predicted octanol–water partition coefficient (Wildman–Crippen LogP) is 5.75. The summed E-state index contributed by atoms with van der Waals surface area (Å²) in [7, 11) is -2.11. The molecule has 0 bridgehead atoms. The van der Waals surface area contributed by atoms with Gasteiger partial charge in [0.2, 0.25) is 5.88 Å². The van der Waals surface area contributed by atoms with Crippen molar-refractivity contribution in [3.05, 3.63) is 83.6 Å². The monoisotopic (exact) mass is 612 g/mol. The van der Waals surface area contributed by atoms with Crippen LogP contribution in [-0.4, -0.2) is 71.8 Å². The van der Waals surface area contributed by atoms with Crippen LogP contribution in [0.25, 0.3) is 12.2 Å². The van der Waals surface area contributed by atoms with Gasteiger partial charge >= 0.3 is 6.09 Å². The quantitative estimate of drug-likeness (QED) is 0.156. The van der Waals surface area contributed by atoms with Crippen molar-refractivity contribution in [2.24, 2.45) is 0 Å². The molecule has 0 fully saturated rings. The molecule has 2 aromatic carbocycles. The fourth-order valence-electron chi connectivity index (χ4n) is 3.52. The summed E-state index contributed by atoms with van der Waals surface area (Å²) in [5.41, 5.74) is 3.04. The summed E-state index contributed by atoms with van der Waals surface area (Å²) < 4.78 is 51.1. The van der Waals surface area contributed by atoms with E-state index in [-0.39, 0.29) is 18.1 Å². The van der Waals surface area contributed by atoms with Gasteiger partial charge in [0.25, 0.3) is 10.1 Å². The van der Waals surface area contributed by atoms with Crippen molar-refractivity contribution >= 4 is 34.1 Å². The minimum Gasteiger partial charge on any atom is -0.475 e. The van der Waals surface area contributed by atoms with Gasteiger partial charge in [-0.1, -0.05) is 42.0 Å². The van der Waals surface area contributed by atoms with Gasteiger partial charge in [0.05, 0.1) is 37.9 Å². The van der Waals surface area contributed by atoms with Crippen molar-refractivity contribution in [1.82, 2.24) is 4.98 Å². The topological polar surface area (TPSA) is 113 Å². The van der Waals surface area contributed by atoms with Gasteiger partial charge in [0.1, 0.15) is 12.2 Å². The molecular formula is C32H40N2O8S. The van der Waals surface area contributed by atoms with Crippen LogP contribution in [0.1, 0.15) is 37.5 Å². The molecule has 0 saturated heterocycles. The highest BCUT2D eigenvalue weighted by Crippen LogP contribution is 2.19. The summed E-state index contributed by atoms with van der Waals surface area (Å²) in [6, 6.07) is 17.7. The lowest BCUT2D eigenvalue weighted by atomic mass is 10.1. The Hall–Kier alpha value is -3.77. The smallest absolute Gasteiger partial charge is 0.414 e. The lowest BCUT2D eigenvalue weighted by molar-refractivity contribution is 0.0275. The van der Waals surface area contributed by atoms with Crippen molar-refractivity contribution in [3.63, 3.8) is 0 Å². The van der Waals surface area contributed by atoms with Crippen LogP contribution < -0.4 is 9.64 Å². The number of pyridine rings is 1. The van der Waals surface area contributed by atoms with E-state index in [0.717, 1.165) is 22.4 Å². The van der Waals surface area contributed by atoms with E-state index in [1.807, 2.05) is 70.2 Å². The molecule has 10 nitrogen and oxygen atoms in total. The minimum absolute atomic E-state index is 0.0735. The highest BCUT2D eigenvalue weighted by atomic mass is 32.2. The Labute approximate surface area is 254 Å². The molecule has 0 aliphatic carbocycles. The first kappa shape index (κ1) is 33.7. The second-order valence-corrected chi connectivity index (χ2v) is 12.2. The molecule has 0 aliphatic rings. The molecule has 0 saturated carbocycles. The molecular weight excluding hydrogens is 572 g/mol. The van der Waals surface area contributed by atoms with E-state index in [2.05, 4.69) is 4.98 Å². The minimum atomic E-state index is -3.79. The second-order valence-electron chi connectivity index (χ2n) is 10.6. The highest BCUT2D eigenvalue weighted by molar-refractivity contribution is 7.86. The van der Waals surface area contributed by atoms with E-state index in [4.69, 9.17) is 23.1 Å². The molecule has 1 heterocycles. The number of carbonyl (C=O) groups excluding carboxylic acids is 1. The van der Waals surface area contributed by atoms with Crippen LogP contribution in [0.2, 0.25) is 0 Å². The zero-order chi connectivity index (χ0) is 31.3. The van der Waals surface area contributed by atoms with Gasteiger partial charge in [-0.05, 0) is 69.2 Å². The van der Waals surface area contributed by atoms with E-state index in [0.29, 0.717) is 32.3 Å². The summed E-state index contributed by atoms with van der Waals surface area (Å²) in [6.45, 7) is 8.76. The number of hydrogen-bond acceptors (Lipinski definition) is 9. The van der Waals surface area contributed by atoms with Gasteiger partial charge in [-0.25, -0.2) is 9.78 Å². The molecule has 3 rings (SSSR count). The van der Waals surface area contributed by atoms with Crippen LogP contribution in [-0.2, 0) is 28.5 Å². The molecule has 0 unspecified atom stereocenters. The maximum absolute atomic E-state index is 12.2. The Morgan fingerprint density at radius 1 is 0.814 bits per heavy atom. The molecule has 0 spiro atoms. The Bertz CT molecular complexity index is 1420. The number of hydrogen-bond donors (Lipinski definition) is 0. The predicted molar refractivity (Wildman–Crippen MR) is 166 cm³/mol. The number of aryl methyl sites for hydroxylation is 1. The van der Waals surface area contributed by atoms with Gasteiger partial charge in [-0.3, -0.25) is 9.08 Å². The van der Waals surface area contributed by atoms with Crippen LogP contribution in [0.15, 0.2) is 71.8 Å². The van der Waals surface area contributed by atoms with E-state index >= 15 is 0 Å². The number of nitrogens with zero attached hydrogens (tertiary/aromatic N) is 2. The summed E-state index contributed by atoms with van der Waals surface area (Å²) >= 11 is 0. The number of amides is 1. The summed E-state index contributed by atoms with van der Waals surface area (Å²) in [4.78, 5) is 18.2. The van der Waals surface area contributed by atoms with E-state index < -0.39 is 21.8 Å². The Kier molecular flexibility index (Phi) is 12.7. The third-order valence-corrected chi connectivity index (χ3v) is 7.13. The van der Waals surface area contributed by atoms with E-state index in [9.17, 15) is 13.2 Å². The van der Waals surface area contributed by atoms with Gasteiger partial charge in [0.15, 0.2) is 0 Å². The van der Waals surface area contributed by atoms with Gasteiger partial charge in [0, 0.05) is 25.0 Å². The fourth-order valence-corrected chi connectivity index (χ4v) is 4.41. The average Bonchev–Trinajstić information content (AvgIpc) is 2.97. The highest BCUT2D eigenvalue weighted by Gasteiger charge is 2.20. The van der Waals surface area contributed by atoms with Gasteiger partial charge in [-0.2, -0.15) is 8.42 Å². The van der Waals surface area contributed by atoms with Crippen molar-refractivity contribution < 1.29 is 36.3 Å². The Balaban J connectivity index is 1.28. The molecule has 0 radical (unpaired) electrons. The number of carbonyl (C=O) groups is 1. The zero-order valence-electron chi connectivity index (χ0n) is 25.3. The van der Waals surface area contributed by atoms with Gasteiger partial charge in [-0.15, -0.1) is 0 Å². The van der Waals surface area contributed by atoms with Crippen LogP contribution in [0, 0.1) is 6.92 Å². The number of ether oxygens (including phenoxy) is 4. The molecule has 0 N–H and O–H groups in total. The lowest BCUT2D eigenvalue weighted by Gasteiger charge is -2.24. The fraction of sp³-hybridized carbons (Fsp3) is 0.375. The molecule has 232 valence electrons. The molecule has 1 amide bonds. The van der Waals surface area contributed by atoms with Crippen LogP contribution in [0.5, 0.6) is 5.88 Å². The van der Waals surface area contributed by atoms with Crippen molar-refractivity contribution in [1.29, 1.82) is 0 Å². The summed E-state index contributed by atoms with van der Waals surface area (Å²) in [5.74, 6) is 0.485. The Morgan fingerprint density at radius 3 is 2.00 bits per heavy atom. The van der Waals surface area contributed by atoms with E-state index in [1.165, 1.54) is 17.0 Å². The molecule has 1 aromatic heterocycles. The summed E-state index contributed by atoms with van der Waals surface area (Å²) in [5, 5.41) is 0. The SMILES string of the molecule is Cc1ccc(S(=O)(=O)OCCOCCOCCOc2ccc(C=Cc3ccc(N(C)C(=O)OC(C)(C)C)cc3)cn2)cc1. The van der Waals surface area contributed by atoms with Crippen molar-refractivity contribution in [3.8, 4) is 5.88 Å².